The first-order valence-electron chi connectivity index (χ1n) is 4.94. The van der Waals surface area contributed by atoms with Crippen molar-refractivity contribution in [2.45, 2.75) is 13.5 Å². The van der Waals surface area contributed by atoms with Crippen LogP contribution in [0.25, 0.3) is 11.4 Å². The minimum Gasteiger partial charge on any atom is -0.338 e. The smallest absolute Gasteiger partial charge is 0.240 e. The van der Waals surface area contributed by atoms with Crippen LogP contribution < -0.4 is 5.32 Å². The van der Waals surface area contributed by atoms with Crippen LogP contribution in [0.4, 0.5) is 0 Å². The van der Waals surface area contributed by atoms with Gasteiger partial charge < -0.3 is 9.84 Å². The second-order valence-corrected chi connectivity index (χ2v) is 4.36. The molecular weight excluding hydrogens is 270 g/mol. The highest BCUT2D eigenvalue weighted by molar-refractivity contribution is 9.10. The highest BCUT2D eigenvalue weighted by Gasteiger charge is 2.08. The molecule has 0 radical (unpaired) electrons. The molecule has 84 valence electrons. The highest BCUT2D eigenvalue weighted by atomic mass is 79.9. The van der Waals surface area contributed by atoms with Crippen molar-refractivity contribution in [1.82, 2.24) is 15.5 Å². The zero-order chi connectivity index (χ0) is 11.5. The van der Waals surface area contributed by atoms with Gasteiger partial charge >= 0.3 is 0 Å². The van der Waals surface area contributed by atoms with Gasteiger partial charge in [-0.25, -0.2) is 0 Å². The fourth-order valence-corrected chi connectivity index (χ4v) is 1.71. The van der Waals surface area contributed by atoms with Crippen LogP contribution in [0.2, 0.25) is 0 Å². The molecule has 1 N–H and O–H groups in total. The predicted octanol–water partition coefficient (Wildman–Crippen LogP) is 2.53. The number of nitrogens with zero attached hydrogens (tertiary/aromatic N) is 2. The maximum atomic E-state index is 5.09. The van der Waals surface area contributed by atoms with E-state index in [-0.39, 0.29) is 0 Å². The Morgan fingerprint density at radius 2 is 2.25 bits per heavy atom. The second kappa shape index (κ2) is 4.76. The molecule has 2 aromatic rings. The van der Waals surface area contributed by atoms with Crippen molar-refractivity contribution < 1.29 is 4.52 Å². The quantitative estimate of drug-likeness (QED) is 0.939. The maximum absolute atomic E-state index is 5.09. The van der Waals surface area contributed by atoms with Crippen LogP contribution in [0, 0.1) is 6.92 Å². The molecule has 4 nitrogen and oxygen atoms in total. The van der Waals surface area contributed by atoms with Gasteiger partial charge in [0.05, 0.1) is 6.54 Å². The van der Waals surface area contributed by atoms with E-state index in [9.17, 15) is 0 Å². The van der Waals surface area contributed by atoms with Crippen molar-refractivity contribution >= 4 is 15.9 Å². The molecule has 0 spiro atoms. The van der Waals surface area contributed by atoms with Crippen molar-refractivity contribution in [3.05, 3.63) is 34.1 Å². The van der Waals surface area contributed by atoms with Crippen LogP contribution in [-0.4, -0.2) is 17.2 Å². The first kappa shape index (κ1) is 11.3. The van der Waals surface area contributed by atoms with Gasteiger partial charge in [0.25, 0.3) is 0 Å². The Morgan fingerprint density at radius 1 is 1.44 bits per heavy atom. The van der Waals surface area contributed by atoms with E-state index in [0.717, 1.165) is 10.0 Å². The molecule has 0 bridgehead atoms. The van der Waals surface area contributed by atoms with E-state index in [1.807, 2.05) is 32.2 Å². The molecule has 0 saturated carbocycles. The van der Waals surface area contributed by atoms with Crippen LogP contribution in [0.15, 0.2) is 27.2 Å². The minimum atomic E-state index is 0.583. The van der Waals surface area contributed by atoms with E-state index < -0.39 is 0 Å². The standard InChI is InChI=1S/C11H12BrN3O/c1-7-3-4-8(5-9(7)12)11-14-10(6-13-2)16-15-11/h3-5,13H,6H2,1-2H3. The number of aromatic nitrogens is 2. The summed E-state index contributed by atoms with van der Waals surface area (Å²) in [4.78, 5) is 4.28. The molecular formula is C11H12BrN3O. The third-order valence-electron chi connectivity index (χ3n) is 2.23. The molecule has 0 aliphatic heterocycles. The Hall–Kier alpha value is -1.20. The molecule has 0 amide bonds. The van der Waals surface area contributed by atoms with Gasteiger partial charge in [0, 0.05) is 10.0 Å². The van der Waals surface area contributed by atoms with Gasteiger partial charge in [0.1, 0.15) is 0 Å². The highest BCUT2D eigenvalue weighted by Crippen LogP contribution is 2.23. The lowest BCUT2D eigenvalue weighted by Crippen LogP contribution is -2.04. The van der Waals surface area contributed by atoms with E-state index >= 15 is 0 Å². The van der Waals surface area contributed by atoms with Gasteiger partial charge in [-0.2, -0.15) is 4.98 Å². The first-order chi connectivity index (χ1) is 7.70. The summed E-state index contributed by atoms with van der Waals surface area (Å²) in [6, 6.07) is 5.99. The Labute approximate surface area is 102 Å². The SMILES string of the molecule is CNCc1nc(-c2ccc(C)c(Br)c2)no1. The van der Waals surface area contributed by atoms with Gasteiger partial charge in [-0.05, 0) is 25.6 Å². The average Bonchev–Trinajstić information content (AvgIpc) is 2.71. The Balaban J connectivity index is 2.31. The molecule has 1 heterocycles. The third kappa shape index (κ3) is 2.31. The topological polar surface area (TPSA) is 51.0 Å². The Bertz CT molecular complexity index is 496. The Morgan fingerprint density at radius 3 is 2.94 bits per heavy atom. The minimum absolute atomic E-state index is 0.583. The summed E-state index contributed by atoms with van der Waals surface area (Å²) in [5, 5.41) is 6.89. The molecule has 0 atom stereocenters. The molecule has 1 aromatic carbocycles. The van der Waals surface area contributed by atoms with Gasteiger partial charge in [-0.3, -0.25) is 0 Å². The van der Waals surface area contributed by atoms with Gasteiger partial charge in [-0.1, -0.05) is 33.2 Å². The van der Waals surface area contributed by atoms with Crippen LogP contribution in [-0.2, 0) is 6.54 Å². The number of hydrogen-bond acceptors (Lipinski definition) is 4. The van der Waals surface area contributed by atoms with Gasteiger partial charge in [0.2, 0.25) is 11.7 Å². The zero-order valence-corrected chi connectivity index (χ0v) is 10.7. The van der Waals surface area contributed by atoms with Crippen LogP contribution in [0.5, 0.6) is 0 Å². The summed E-state index contributed by atoms with van der Waals surface area (Å²) in [7, 11) is 1.84. The number of aryl methyl sites for hydroxylation is 1. The largest absolute Gasteiger partial charge is 0.338 e. The molecule has 0 unspecified atom stereocenters. The molecule has 0 fully saturated rings. The lowest BCUT2D eigenvalue weighted by Gasteiger charge is -1.99. The monoisotopic (exact) mass is 281 g/mol. The molecule has 0 saturated heterocycles. The number of rotatable bonds is 3. The first-order valence-corrected chi connectivity index (χ1v) is 5.73. The normalized spacial score (nSPS) is 10.7. The summed E-state index contributed by atoms with van der Waals surface area (Å²) in [5.74, 6) is 1.21. The van der Waals surface area contributed by atoms with E-state index in [0.29, 0.717) is 18.3 Å². The van der Waals surface area contributed by atoms with Crippen molar-refractivity contribution in [2.24, 2.45) is 0 Å². The van der Waals surface area contributed by atoms with Crippen LogP contribution >= 0.6 is 15.9 Å². The number of nitrogens with one attached hydrogen (secondary N) is 1. The van der Waals surface area contributed by atoms with Crippen LogP contribution in [0.3, 0.4) is 0 Å². The van der Waals surface area contributed by atoms with Crippen molar-refractivity contribution in [2.75, 3.05) is 7.05 Å². The zero-order valence-electron chi connectivity index (χ0n) is 9.12. The average molecular weight is 282 g/mol. The number of hydrogen-bond donors (Lipinski definition) is 1. The maximum Gasteiger partial charge on any atom is 0.240 e. The number of halogens is 1. The van der Waals surface area contributed by atoms with E-state index in [2.05, 4.69) is 31.4 Å². The molecule has 0 aliphatic rings. The Kier molecular flexibility index (Phi) is 3.36. The fourth-order valence-electron chi connectivity index (χ4n) is 1.33. The molecule has 1 aromatic heterocycles. The fraction of sp³-hybridized carbons (Fsp3) is 0.273. The molecule has 0 aliphatic carbocycles. The summed E-state index contributed by atoms with van der Waals surface area (Å²) in [6.07, 6.45) is 0. The number of benzene rings is 1. The van der Waals surface area contributed by atoms with E-state index in [1.54, 1.807) is 0 Å². The summed E-state index contributed by atoms with van der Waals surface area (Å²) >= 11 is 3.48. The van der Waals surface area contributed by atoms with Crippen LogP contribution in [0.1, 0.15) is 11.5 Å². The predicted molar refractivity (Wildman–Crippen MR) is 64.9 cm³/mol. The third-order valence-corrected chi connectivity index (χ3v) is 3.08. The molecule has 16 heavy (non-hydrogen) atoms. The lowest BCUT2D eigenvalue weighted by molar-refractivity contribution is 0.372. The van der Waals surface area contributed by atoms with E-state index in [4.69, 9.17) is 4.52 Å². The van der Waals surface area contributed by atoms with Gasteiger partial charge in [0.15, 0.2) is 0 Å². The second-order valence-electron chi connectivity index (χ2n) is 3.51. The van der Waals surface area contributed by atoms with Crippen molar-refractivity contribution in [3.8, 4) is 11.4 Å². The summed E-state index contributed by atoms with van der Waals surface area (Å²) in [6.45, 7) is 2.62. The van der Waals surface area contributed by atoms with Crippen molar-refractivity contribution in [3.63, 3.8) is 0 Å². The molecule has 2 rings (SSSR count). The van der Waals surface area contributed by atoms with Crippen molar-refractivity contribution in [1.29, 1.82) is 0 Å². The summed E-state index contributed by atoms with van der Waals surface area (Å²) in [5.41, 5.74) is 2.13. The van der Waals surface area contributed by atoms with Gasteiger partial charge in [-0.15, -0.1) is 0 Å². The molecule has 5 heteroatoms. The summed E-state index contributed by atoms with van der Waals surface area (Å²) < 4.78 is 6.14. The lowest BCUT2D eigenvalue weighted by atomic mass is 10.1. The van der Waals surface area contributed by atoms with E-state index in [1.165, 1.54) is 5.56 Å².